The van der Waals surface area contributed by atoms with E-state index in [1.54, 1.807) is 7.11 Å². The van der Waals surface area contributed by atoms with Crippen molar-refractivity contribution in [2.24, 2.45) is 0 Å². The third-order valence-electron chi connectivity index (χ3n) is 2.91. The minimum atomic E-state index is 0.370. The van der Waals surface area contributed by atoms with Crippen LogP contribution in [0.15, 0.2) is 28.8 Å². The molecule has 1 heterocycles. The Morgan fingerprint density at radius 1 is 1.39 bits per heavy atom. The van der Waals surface area contributed by atoms with Gasteiger partial charge in [0.05, 0.1) is 18.4 Å². The predicted octanol–water partition coefficient (Wildman–Crippen LogP) is 3.28. The zero-order valence-corrected chi connectivity index (χ0v) is 10.8. The summed E-state index contributed by atoms with van der Waals surface area (Å²) >= 11 is 0. The number of hydrogen-bond donors (Lipinski definition) is 1. The molecule has 2 N–H and O–H groups in total. The molecule has 2 rings (SSSR count). The molecule has 1 aromatic carbocycles. The van der Waals surface area contributed by atoms with Gasteiger partial charge in [-0.2, -0.15) is 0 Å². The van der Waals surface area contributed by atoms with Crippen LogP contribution in [0.2, 0.25) is 0 Å². The summed E-state index contributed by atoms with van der Waals surface area (Å²) in [4.78, 5) is 0. The van der Waals surface area contributed by atoms with Crippen LogP contribution in [0.1, 0.15) is 25.5 Å². The third-order valence-corrected chi connectivity index (χ3v) is 2.91. The van der Waals surface area contributed by atoms with Crippen molar-refractivity contribution in [1.29, 1.82) is 0 Å². The molecule has 0 aliphatic carbocycles. The summed E-state index contributed by atoms with van der Waals surface area (Å²) in [5.74, 6) is 1.17. The van der Waals surface area contributed by atoms with Gasteiger partial charge in [-0.25, -0.2) is 0 Å². The molecular formula is C14H18N2O2. The van der Waals surface area contributed by atoms with Gasteiger partial charge in [-0.3, -0.25) is 0 Å². The van der Waals surface area contributed by atoms with E-state index in [9.17, 15) is 0 Å². The van der Waals surface area contributed by atoms with Crippen LogP contribution in [-0.4, -0.2) is 12.3 Å². The van der Waals surface area contributed by atoms with E-state index in [0.29, 0.717) is 5.88 Å². The van der Waals surface area contributed by atoms with Crippen molar-refractivity contribution in [2.45, 2.75) is 26.2 Å². The lowest BCUT2D eigenvalue weighted by atomic mass is 10.0. The molecule has 2 aromatic rings. The molecule has 0 bridgehead atoms. The Balaban J connectivity index is 2.38. The van der Waals surface area contributed by atoms with Gasteiger partial charge in [0.15, 0.2) is 0 Å². The molecule has 0 aliphatic rings. The number of nitrogens with two attached hydrogens (primary N) is 1. The second-order valence-corrected chi connectivity index (χ2v) is 4.20. The van der Waals surface area contributed by atoms with Crippen LogP contribution in [0.5, 0.6) is 5.75 Å². The van der Waals surface area contributed by atoms with Crippen LogP contribution < -0.4 is 10.5 Å². The second-order valence-electron chi connectivity index (χ2n) is 4.20. The first-order chi connectivity index (χ1) is 8.76. The molecule has 0 atom stereocenters. The van der Waals surface area contributed by atoms with Gasteiger partial charge in [0, 0.05) is 0 Å². The molecule has 0 saturated carbocycles. The Morgan fingerprint density at radius 3 is 2.94 bits per heavy atom. The first-order valence-corrected chi connectivity index (χ1v) is 6.14. The van der Waals surface area contributed by atoms with E-state index in [-0.39, 0.29) is 0 Å². The normalized spacial score (nSPS) is 10.6. The number of methoxy groups -OCH3 is 1. The van der Waals surface area contributed by atoms with Crippen molar-refractivity contribution in [3.63, 3.8) is 0 Å². The Hall–Kier alpha value is -1.97. The summed E-state index contributed by atoms with van der Waals surface area (Å²) in [6, 6.07) is 7.77. The SMILES string of the molecule is CCCCc1noc(N)c1-c1cccc(OC)c1. The maximum absolute atomic E-state index is 5.87. The fourth-order valence-electron chi connectivity index (χ4n) is 1.94. The number of aryl methyl sites for hydroxylation is 1. The molecule has 0 fully saturated rings. The van der Waals surface area contributed by atoms with E-state index >= 15 is 0 Å². The smallest absolute Gasteiger partial charge is 0.230 e. The quantitative estimate of drug-likeness (QED) is 0.879. The van der Waals surface area contributed by atoms with Gasteiger partial charge in [-0.15, -0.1) is 0 Å². The van der Waals surface area contributed by atoms with Crippen LogP contribution in [-0.2, 0) is 6.42 Å². The largest absolute Gasteiger partial charge is 0.497 e. The van der Waals surface area contributed by atoms with Crippen LogP contribution in [0, 0.1) is 0 Å². The summed E-state index contributed by atoms with van der Waals surface area (Å²) in [5, 5.41) is 4.04. The number of ether oxygens (including phenoxy) is 1. The highest BCUT2D eigenvalue weighted by Crippen LogP contribution is 2.32. The Bertz CT molecular complexity index is 520. The van der Waals surface area contributed by atoms with E-state index in [1.165, 1.54) is 0 Å². The monoisotopic (exact) mass is 246 g/mol. The van der Waals surface area contributed by atoms with E-state index in [2.05, 4.69) is 12.1 Å². The minimum absolute atomic E-state index is 0.370. The molecule has 0 amide bonds. The van der Waals surface area contributed by atoms with Crippen molar-refractivity contribution in [1.82, 2.24) is 5.16 Å². The summed E-state index contributed by atoms with van der Waals surface area (Å²) < 4.78 is 10.3. The summed E-state index contributed by atoms with van der Waals surface area (Å²) in [6.45, 7) is 2.15. The fraction of sp³-hybridized carbons (Fsp3) is 0.357. The number of benzene rings is 1. The Labute approximate surface area is 107 Å². The molecule has 0 unspecified atom stereocenters. The number of unbranched alkanes of at least 4 members (excludes halogenated alkanes) is 1. The molecule has 0 aliphatic heterocycles. The maximum Gasteiger partial charge on any atom is 0.230 e. The lowest BCUT2D eigenvalue weighted by molar-refractivity contribution is 0.415. The van der Waals surface area contributed by atoms with Gasteiger partial charge in [0.2, 0.25) is 5.88 Å². The highest BCUT2D eigenvalue weighted by molar-refractivity contribution is 5.75. The van der Waals surface area contributed by atoms with Crippen molar-refractivity contribution >= 4 is 5.88 Å². The van der Waals surface area contributed by atoms with E-state index in [4.69, 9.17) is 15.0 Å². The number of rotatable bonds is 5. The molecule has 0 saturated heterocycles. The average Bonchev–Trinajstić information content (AvgIpc) is 2.77. The molecular weight excluding hydrogens is 228 g/mol. The van der Waals surface area contributed by atoms with Crippen molar-refractivity contribution in [2.75, 3.05) is 12.8 Å². The summed E-state index contributed by atoms with van der Waals surface area (Å²) in [5.41, 5.74) is 8.66. The fourth-order valence-corrected chi connectivity index (χ4v) is 1.94. The van der Waals surface area contributed by atoms with Gasteiger partial charge in [-0.1, -0.05) is 30.6 Å². The second kappa shape index (κ2) is 5.58. The maximum atomic E-state index is 5.87. The Kier molecular flexibility index (Phi) is 3.87. The first kappa shape index (κ1) is 12.5. The van der Waals surface area contributed by atoms with Crippen molar-refractivity contribution < 1.29 is 9.26 Å². The lowest BCUT2D eigenvalue weighted by Gasteiger charge is -2.04. The van der Waals surface area contributed by atoms with Gasteiger partial charge >= 0.3 is 0 Å². The minimum Gasteiger partial charge on any atom is -0.497 e. The Morgan fingerprint density at radius 2 is 2.22 bits per heavy atom. The van der Waals surface area contributed by atoms with Crippen LogP contribution in [0.25, 0.3) is 11.1 Å². The number of nitrogen functional groups attached to an aromatic ring is 1. The van der Waals surface area contributed by atoms with Gasteiger partial charge < -0.3 is 15.0 Å². The molecule has 0 radical (unpaired) electrons. The first-order valence-electron chi connectivity index (χ1n) is 6.14. The molecule has 96 valence electrons. The molecule has 18 heavy (non-hydrogen) atoms. The van der Waals surface area contributed by atoms with Gasteiger partial charge in [0.25, 0.3) is 0 Å². The van der Waals surface area contributed by atoms with E-state index in [0.717, 1.165) is 41.8 Å². The predicted molar refractivity (Wildman–Crippen MR) is 71.5 cm³/mol. The highest BCUT2D eigenvalue weighted by atomic mass is 16.5. The zero-order chi connectivity index (χ0) is 13.0. The number of aromatic nitrogens is 1. The molecule has 0 spiro atoms. The number of anilines is 1. The molecule has 4 nitrogen and oxygen atoms in total. The lowest BCUT2D eigenvalue weighted by Crippen LogP contribution is -1.92. The summed E-state index contributed by atoms with van der Waals surface area (Å²) in [6.07, 6.45) is 3.07. The van der Waals surface area contributed by atoms with Gasteiger partial charge in [0.1, 0.15) is 5.75 Å². The highest BCUT2D eigenvalue weighted by Gasteiger charge is 2.15. The molecule has 1 aromatic heterocycles. The average molecular weight is 246 g/mol. The van der Waals surface area contributed by atoms with Crippen LogP contribution in [0.3, 0.4) is 0 Å². The summed E-state index contributed by atoms with van der Waals surface area (Å²) in [7, 11) is 1.65. The number of hydrogen-bond acceptors (Lipinski definition) is 4. The van der Waals surface area contributed by atoms with Crippen molar-refractivity contribution in [3.05, 3.63) is 30.0 Å². The van der Waals surface area contributed by atoms with E-state index in [1.807, 2.05) is 24.3 Å². The van der Waals surface area contributed by atoms with Crippen LogP contribution in [0.4, 0.5) is 5.88 Å². The topological polar surface area (TPSA) is 61.3 Å². The van der Waals surface area contributed by atoms with Gasteiger partial charge in [-0.05, 0) is 30.5 Å². The number of nitrogens with zero attached hydrogens (tertiary/aromatic N) is 1. The third kappa shape index (κ3) is 2.47. The van der Waals surface area contributed by atoms with E-state index < -0.39 is 0 Å². The van der Waals surface area contributed by atoms with Crippen molar-refractivity contribution in [3.8, 4) is 16.9 Å². The van der Waals surface area contributed by atoms with Crippen LogP contribution >= 0.6 is 0 Å². The zero-order valence-electron chi connectivity index (χ0n) is 10.8. The molecule has 4 heteroatoms. The standard InChI is InChI=1S/C14H18N2O2/c1-3-4-8-12-13(14(15)18-16-12)10-6-5-7-11(9-10)17-2/h5-7,9H,3-4,8,15H2,1-2H3.